The summed E-state index contributed by atoms with van der Waals surface area (Å²) in [5.74, 6) is 5.52. The summed E-state index contributed by atoms with van der Waals surface area (Å²) in [5.41, 5.74) is 6.89. The molecule has 0 radical (unpaired) electrons. The maximum atomic E-state index is 11.3. The zero-order chi connectivity index (χ0) is 19.1. The zero-order valence-corrected chi connectivity index (χ0v) is 16.0. The van der Waals surface area contributed by atoms with Crippen LogP contribution in [0.2, 0.25) is 0 Å². The van der Waals surface area contributed by atoms with Gasteiger partial charge in [0.25, 0.3) is 0 Å². The van der Waals surface area contributed by atoms with Crippen molar-refractivity contribution in [1.29, 1.82) is 0 Å². The Hall–Kier alpha value is -2.93. The Kier molecular flexibility index (Phi) is 4.31. The first-order valence-electron chi connectivity index (χ1n) is 9.38. The summed E-state index contributed by atoms with van der Waals surface area (Å²) in [6, 6.07) is 4.52. The van der Waals surface area contributed by atoms with Crippen LogP contribution < -0.4 is 4.90 Å². The molecule has 1 atom stereocenters. The average molecular weight is 360 g/mol. The fourth-order valence-corrected chi connectivity index (χ4v) is 4.51. The van der Waals surface area contributed by atoms with E-state index in [1.807, 2.05) is 12.2 Å². The van der Waals surface area contributed by atoms with Crippen molar-refractivity contribution in [2.24, 2.45) is 0 Å². The fourth-order valence-electron chi connectivity index (χ4n) is 4.51. The van der Waals surface area contributed by atoms with Crippen LogP contribution in [0.3, 0.4) is 0 Å². The Bertz CT molecular complexity index is 1060. The molecule has 1 aliphatic heterocycles. The Morgan fingerprint density at radius 2 is 2.15 bits per heavy atom. The third kappa shape index (κ3) is 2.94. The summed E-state index contributed by atoms with van der Waals surface area (Å²) in [4.78, 5) is 13.6. The molecule has 0 fully saturated rings. The Morgan fingerprint density at radius 1 is 1.33 bits per heavy atom. The predicted molar refractivity (Wildman–Crippen MR) is 109 cm³/mol. The van der Waals surface area contributed by atoms with Gasteiger partial charge in [0, 0.05) is 31.1 Å². The van der Waals surface area contributed by atoms with Crippen LogP contribution in [-0.4, -0.2) is 29.2 Å². The molecule has 138 valence electrons. The lowest BCUT2D eigenvalue weighted by Crippen LogP contribution is -2.21. The molecule has 2 aromatic rings. The van der Waals surface area contributed by atoms with Crippen LogP contribution in [0.25, 0.3) is 10.9 Å². The number of rotatable bonds is 3. The standard InChI is InChI=1S/C23H24N2O2/c1-15-12-19-13-18(14-21(26)27)16(2)22-23(19)25(15)20(10-11-24(22)3)17-8-6-4-5-7-9-17/h4,6,8,12-13,20H,9-11,14H2,1-3H3,(H,26,27). The molecule has 27 heavy (non-hydrogen) atoms. The number of hydrogen-bond donors (Lipinski definition) is 1. The number of carboxylic acids is 1. The smallest absolute Gasteiger partial charge is 0.307 e. The highest BCUT2D eigenvalue weighted by atomic mass is 16.4. The molecule has 0 saturated heterocycles. The van der Waals surface area contributed by atoms with Crippen LogP contribution in [0.4, 0.5) is 5.69 Å². The molecule has 4 heteroatoms. The summed E-state index contributed by atoms with van der Waals surface area (Å²) in [6.07, 6.45) is 7.99. The number of aryl methyl sites for hydroxylation is 1. The monoisotopic (exact) mass is 360 g/mol. The molecule has 0 bridgehead atoms. The number of allylic oxidation sites excluding steroid dienone is 4. The molecule has 0 saturated carbocycles. The number of benzene rings is 1. The maximum Gasteiger partial charge on any atom is 0.307 e. The van der Waals surface area contributed by atoms with Gasteiger partial charge in [-0.1, -0.05) is 24.0 Å². The van der Waals surface area contributed by atoms with E-state index in [-0.39, 0.29) is 12.5 Å². The molecule has 4 rings (SSSR count). The fraction of sp³-hybridized carbons (Fsp3) is 0.348. The number of aromatic nitrogens is 1. The van der Waals surface area contributed by atoms with Gasteiger partial charge in [0.05, 0.1) is 23.7 Å². The summed E-state index contributed by atoms with van der Waals surface area (Å²) < 4.78 is 2.44. The minimum atomic E-state index is -0.788. The van der Waals surface area contributed by atoms with E-state index in [0.717, 1.165) is 41.6 Å². The molecule has 2 heterocycles. The van der Waals surface area contributed by atoms with Crippen molar-refractivity contribution in [3.8, 4) is 11.8 Å². The van der Waals surface area contributed by atoms with Crippen LogP contribution in [0.1, 0.15) is 35.7 Å². The SMILES string of the molecule is Cc1c(CC(=O)O)cc2cc(C)n3c2c1N(C)CCC3C1=CC=CC#CC1. The van der Waals surface area contributed by atoms with Crippen molar-refractivity contribution in [3.63, 3.8) is 0 Å². The second-order valence-electron chi connectivity index (χ2n) is 7.50. The van der Waals surface area contributed by atoms with Crippen molar-refractivity contribution in [2.75, 3.05) is 18.5 Å². The lowest BCUT2D eigenvalue weighted by atomic mass is 9.99. The normalized spacial score (nSPS) is 18.6. The minimum Gasteiger partial charge on any atom is -0.481 e. The number of anilines is 1. The number of hydrogen-bond acceptors (Lipinski definition) is 2. The Morgan fingerprint density at radius 3 is 2.93 bits per heavy atom. The first kappa shape index (κ1) is 17.5. The lowest BCUT2D eigenvalue weighted by Gasteiger charge is -2.22. The molecule has 1 N–H and O–H groups in total. The van der Waals surface area contributed by atoms with E-state index in [4.69, 9.17) is 0 Å². The van der Waals surface area contributed by atoms with Gasteiger partial charge in [-0.2, -0.15) is 0 Å². The van der Waals surface area contributed by atoms with Crippen molar-refractivity contribution in [2.45, 2.75) is 39.2 Å². The van der Waals surface area contributed by atoms with Gasteiger partial charge < -0.3 is 14.6 Å². The van der Waals surface area contributed by atoms with Gasteiger partial charge >= 0.3 is 5.97 Å². The van der Waals surface area contributed by atoms with Gasteiger partial charge in [0.15, 0.2) is 0 Å². The van der Waals surface area contributed by atoms with Gasteiger partial charge in [0.2, 0.25) is 0 Å². The third-order valence-corrected chi connectivity index (χ3v) is 5.74. The second-order valence-corrected chi connectivity index (χ2v) is 7.50. The number of aliphatic carboxylic acids is 1. The molecular weight excluding hydrogens is 336 g/mol. The van der Waals surface area contributed by atoms with E-state index in [1.165, 1.54) is 16.8 Å². The van der Waals surface area contributed by atoms with Crippen LogP contribution in [-0.2, 0) is 11.2 Å². The molecule has 4 nitrogen and oxygen atoms in total. The summed E-state index contributed by atoms with van der Waals surface area (Å²) in [6.45, 7) is 5.12. The molecule has 1 aliphatic carbocycles. The third-order valence-electron chi connectivity index (χ3n) is 5.74. The minimum absolute atomic E-state index is 0.0573. The van der Waals surface area contributed by atoms with Gasteiger partial charge in [-0.3, -0.25) is 4.79 Å². The van der Waals surface area contributed by atoms with Crippen LogP contribution in [0.15, 0.2) is 35.9 Å². The zero-order valence-electron chi connectivity index (χ0n) is 16.0. The molecule has 1 aromatic carbocycles. The summed E-state index contributed by atoms with van der Waals surface area (Å²) >= 11 is 0. The molecular formula is C23H24N2O2. The van der Waals surface area contributed by atoms with E-state index in [9.17, 15) is 9.90 Å². The molecule has 2 aliphatic rings. The van der Waals surface area contributed by atoms with E-state index >= 15 is 0 Å². The van der Waals surface area contributed by atoms with Crippen LogP contribution >= 0.6 is 0 Å². The predicted octanol–water partition coefficient (Wildman–Crippen LogP) is 4.16. The van der Waals surface area contributed by atoms with E-state index in [0.29, 0.717) is 0 Å². The molecule has 1 unspecified atom stereocenters. The van der Waals surface area contributed by atoms with Gasteiger partial charge in [-0.15, -0.1) is 0 Å². The van der Waals surface area contributed by atoms with E-state index in [2.05, 4.69) is 60.4 Å². The van der Waals surface area contributed by atoms with Crippen molar-refractivity contribution in [3.05, 3.63) is 52.8 Å². The van der Waals surface area contributed by atoms with Crippen molar-refractivity contribution in [1.82, 2.24) is 4.57 Å². The largest absolute Gasteiger partial charge is 0.481 e. The highest BCUT2D eigenvalue weighted by Crippen LogP contribution is 2.42. The van der Waals surface area contributed by atoms with Gasteiger partial charge in [0.1, 0.15) is 0 Å². The van der Waals surface area contributed by atoms with Gasteiger partial charge in [-0.25, -0.2) is 0 Å². The summed E-state index contributed by atoms with van der Waals surface area (Å²) in [5, 5.41) is 10.4. The lowest BCUT2D eigenvalue weighted by molar-refractivity contribution is -0.136. The molecule has 1 aromatic heterocycles. The van der Waals surface area contributed by atoms with Crippen LogP contribution in [0.5, 0.6) is 0 Å². The Labute approximate surface area is 159 Å². The highest BCUT2D eigenvalue weighted by molar-refractivity contribution is 5.97. The number of nitrogens with zero attached hydrogens (tertiary/aromatic N) is 2. The summed E-state index contributed by atoms with van der Waals surface area (Å²) in [7, 11) is 2.11. The van der Waals surface area contributed by atoms with Crippen molar-refractivity contribution >= 4 is 22.6 Å². The molecule has 0 spiro atoms. The Balaban J connectivity index is 1.97. The second kappa shape index (κ2) is 6.66. The number of carboxylic acid groups (broad SMARTS) is 1. The molecule has 0 amide bonds. The number of carbonyl (C=O) groups is 1. The van der Waals surface area contributed by atoms with Crippen molar-refractivity contribution < 1.29 is 9.90 Å². The average Bonchev–Trinajstić information content (AvgIpc) is 2.81. The van der Waals surface area contributed by atoms with E-state index < -0.39 is 5.97 Å². The topological polar surface area (TPSA) is 45.5 Å². The quantitative estimate of drug-likeness (QED) is 0.836. The highest BCUT2D eigenvalue weighted by Gasteiger charge is 2.28. The van der Waals surface area contributed by atoms with E-state index in [1.54, 1.807) is 0 Å². The maximum absolute atomic E-state index is 11.3. The van der Waals surface area contributed by atoms with Gasteiger partial charge in [-0.05, 0) is 55.2 Å². The van der Waals surface area contributed by atoms with Crippen LogP contribution in [0, 0.1) is 25.7 Å². The first-order valence-corrected chi connectivity index (χ1v) is 9.38. The first-order chi connectivity index (χ1) is 13.0.